The molecular weight excluding hydrogens is 664 g/mol. The topological polar surface area (TPSA) is 235 Å². The van der Waals surface area contributed by atoms with E-state index in [0.717, 1.165) is 51.0 Å². The van der Waals surface area contributed by atoms with Crippen molar-refractivity contribution in [2.45, 2.75) is 115 Å². The number of esters is 1. The van der Waals surface area contributed by atoms with E-state index >= 15 is 0 Å². The van der Waals surface area contributed by atoms with Gasteiger partial charge in [0.05, 0.1) is 30.8 Å². The smallest absolute Gasteiger partial charge is 0.360 e. The van der Waals surface area contributed by atoms with Gasteiger partial charge in [-0.3, -0.25) is 14.4 Å². The van der Waals surface area contributed by atoms with Crippen molar-refractivity contribution in [1.82, 2.24) is 20.3 Å². The van der Waals surface area contributed by atoms with E-state index in [1.54, 1.807) is 31.2 Å². The zero-order valence-corrected chi connectivity index (χ0v) is 29.3. The average Bonchev–Trinajstić information content (AvgIpc) is 3.58. The summed E-state index contributed by atoms with van der Waals surface area (Å²) < 4.78 is 6.21. The van der Waals surface area contributed by atoms with Crippen LogP contribution >= 0.6 is 0 Å². The van der Waals surface area contributed by atoms with Gasteiger partial charge in [0, 0.05) is 19.3 Å². The highest BCUT2D eigenvalue weighted by Crippen LogP contribution is 2.26. The predicted octanol–water partition coefficient (Wildman–Crippen LogP) is 4.29. The Bertz CT molecular complexity index is 1490. The summed E-state index contributed by atoms with van der Waals surface area (Å²) in [6.45, 7) is 3.96. The van der Waals surface area contributed by atoms with Crippen molar-refractivity contribution in [3.63, 3.8) is 0 Å². The van der Waals surface area contributed by atoms with Crippen molar-refractivity contribution in [3.05, 3.63) is 53.9 Å². The molecule has 1 heterocycles. The third kappa shape index (κ3) is 14.5. The zero-order valence-electron chi connectivity index (χ0n) is 29.3. The fourth-order valence-electron chi connectivity index (χ4n) is 5.40. The number of nitrogens with zero attached hydrogens (tertiary/aromatic N) is 3. The number of hydrogen-bond acceptors (Lipinski definition) is 10. The number of nitrogens with one attached hydrogen (secondary N) is 1. The number of carbonyl (C=O) groups excluding carboxylic acids is 3. The molecule has 0 radical (unpaired) electrons. The highest BCUT2D eigenvalue weighted by Gasteiger charge is 2.49. The second-order valence-corrected chi connectivity index (χ2v) is 12.4. The van der Waals surface area contributed by atoms with Crippen LogP contribution in [0.3, 0.4) is 0 Å². The fourth-order valence-corrected chi connectivity index (χ4v) is 5.40. The maximum atomic E-state index is 13.4. The highest BCUT2D eigenvalue weighted by molar-refractivity contribution is 5.94. The number of hydrogen-bond donors (Lipinski definition) is 5. The number of aliphatic carboxylic acids is 3. The molecule has 5 N–H and O–H groups in total. The molecule has 15 nitrogen and oxygen atoms in total. The summed E-state index contributed by atoms with van der Waals surface area (Å²) in [5.74, 6) is -8.56. The van der Waals surface area contributed by atoms with Crippen LogP contribution in [0.1, 0.15) is 113 Å². The fraction of sp³-hybridized carbons (Fsp3) is 0.556. The number of unbranched alkanes of at least 4 members (excludes halogenated alkanes) is 8. The van der Waals surface area contributed by atoms with Gasteiger partial charge in [0.2, 0.25) is 5.91 Å². The van der Waals surface area contributed by atoms with Gasteiger partial charge in [0.15, 0.2) is 11.3 Å². The van der Waals surface area contributed by atoms with E-state index < -0.39 is 53.8 Å². The summed E-state index contributed by atoms with van der Waals surface area (Å²) in [5.41, 5.74) is -2.12. The Labute approximate surface area is 297 Å². The number of rotatable bonds is 26. The number of aromatic nitrogens is 3. The number of amides is 1. The molecule has 2 aromatic rings. The lowest BCUT2D eigenvalue weighted by Gasteiger charge is -2.29. The minimum atomic E-state index is -3.06. The molecule has 51 heavy (non-hydrogen) atoms. The number of aliphatic hydroxyl groups is 1. The van der Waals surface area contributed by atoms with Crippen LogP contribution in [0.5, 0.6) is 0 Å². The van der Waals surface area contributed by atoms with E-state index in [9.17, 15) is 49.2 Å². The Morgan fingerprint density at radius 2 is 1.53 bits per heavy atom. The van der Waals surface area contributed by atoms with E-state index in [1.165, 1.54) is 23.4 Å². The SMILES string of the molecule is CCCCCCCC(=O)CCCCCC/C=C/[C@@H](C(=O)N[C@@H](Cc1ccc(-n2cc(C(=O)OCC)nn2)cc1)C(=O)O)[C@@](O)(CC(=O)O)C(=O)O. The molecular formula is C36H50N4O11. The summed E-state index contributed by atoms with van der Waals surface area (Å²) in [7, 11) is 0. The quantitative estimate of drug-likeness (QED) is 0.0520. The molecule has 0 spiro atoms. The zero-order chi connectivity index (χ0) is 37.8. The molecule has 0 saturated carbocycles. The van der Waals surface area contributed by atoms with Crippen molar-refractivity contribution >= 4 is 35.6 Å². The van der Waals surface area contributed by atoms with Gasteiger partial charge in [-0.05, 0) is 50.3 Å². The molecule has 0 saturated heterocycles. The van der Waals surface area contributed by atoms with Crippen molar-refractivity contribution < 1.29 is 53.9 Å². The minimum Gasteiger partial charge on any atom is -0.481 e. The first-order valence-electron chi connectivity index (χ1n) is 17.4. The van der Waals surface area contributed by atoms with Gasteiger partial charge in [-0.15, -0.1) is 5.10 Å². The van der Waals surface area contributed by atoms with Gasteiger partial charge < -0.3 is 30.5 Å². The van der Waals surface area contributed by atoms with E-state index in [1.807, 2.05) is 0 Å². The van der Waals surface area contributed by atoms with Crippen LogP contribution in [0.2, 0.25) is 0 Å². The maximum Gasteiger partial charge on any atom is 0.360 e. The number of carbonyl (C=O) groups is 6. The largest absolute Gasteiger partial charge is 0.481 e. The number of ether oxygens (including phenoxy) is 1. The molecule has 280 valence electrons. The number of benzene rings is 1. The monoisotopic (exact) mass is 714 g/mol. The average molecular weight is 715 g/mol. The van der Waals surface area contributed by atoms with E-state index in [-0.39, 0.29) is 24.5 Å². The molecule has 0 bridgehead atoms. The van der Waals surface area contributed by atoms with Crippen LogP contribution in [0, 0.1) is 5.92 Å². The third-order valence-corrected chi connectivity index (χ3v) is 8.29. The van der Waals surface area contributed by atoms with Gasteiger partial charge in [0.25, 0.3) is 0 Å². The van der Waals surface area contributed by atoms with Crippen molar-refractivity contribution in [2.75, 3.05) is 6.61 Å². The Morgan fingerprint density at radius 1 is 0.902 bits per heavy atom. The second kappa shape index (κ2) is 22.0. The van der Waals surface area contributed by atoms with E-state index in [2.05, 4.69) is 22.6 Å². The Balaban J connectivity index is 2.04. The van der Waals surface area contributed by atoms with Crippen molar-refractivity contribution in [1.29, 1.82) is 0 Å². The first-order chi connectivity index (χ1) is 24.3. The predicted molar refractivity (Wildman–Crippen MR) is 184 cm³/mol. The summed E-state index contributed by atoms with van der Waals surface area (Å²) in [5, 5.41) is 49.9. The Kier molecular flexibility index (Phi) is 18.2. The van der Waals surface area contributed by atoms with Crippen LogP contribution in [0.15, 0.2) is 42.6 Å². The molecule has 3 atom stereocenters. The number of allylic oxidation sites excluding steroid dienone is 1. The van der Waals surface area contributed by atoms with Crippen LogP contribution in [-0.2, 0) is 35.1 Å². The van der Waals surface area contributed by atoms with Crippen LogP contribution in [-0.4, -0.2) is 89.2 Å². The van der Waals surface area contributed by atoms with Gasteiger partial charge in [-0.25, -0.2) is 19.1 Å². The van der Waals surface area contributed by atoms with Crippen LogP contribution in [0.25, 0.3) is 5.69 Å². The summed E-state index contributed by atoms with van der Waals surface area (Å²) >= 11 is 0. The molecule has 0 unspecified atom stereocenters. The van der Waals surface area contributed by atoms with Crippen molar-refractivity contribution in [3.8, 4) is 5.69 Å². The summed E-state index contributed by atoms with van der Waals surface area (Å²) in [6, 6.07) is 4.71. The lowest BCUT2D eigenvalue weighted by atomic mass is 9.82. The molecule has 0 fully saturated rings. The van der Waals surface area contributed by atoms with Gasteiger partial charge in [0.1, 0.15) is 11.8 Å². The molecule has 0 aliphatic carbocycles. The third-order valence-electron chi connectivity index (χ3n) is 8.29. The number of carboxylic acid groups (broad SMARTS) is 3. The maximum absolute atomic E-state index is 13.4. The molecule has 0 aliphatic rings. The summed E-state index contributed by atoms with van der Waals surface area (Å²) in [6.07, 6.45) is 12.2. The van der Waals surface area contributed by atoms with Gasteiger partial charge in [-0.2, -0.15) is 0 Å². The van der Waals surface area contributed by atoms with E-state index in [4.69, 9.17) is 4.74 Å². The minimum absolute atomic E-state index is 0.00539. The molecule has 1 aromatic heterocycles. The lowest BCUT2D eigenvalue weighted by molar-refractivity contribution is -0.172. The Hall–Kier alpha value is -4.92. The molecule has 1 aromatic carbocycles. The van der Waals surface area contributed by atoms with Gasteiger partial charge in [-0.1, -0.05) is 74.9 Å². The number of carboxylic acids is 3. The van der Waals surface area contributed by atoms with Crippen LogP contribution < -0.4 is 5.32 Å². The molecule has 1 amide bonds. The Morgan fingerprint density at radius 3 is 2.10 bits per heavy atom. The normalized spacial score (nSPS) is 13.6. The first kappa shape index (κ1) is 42.2. The van der Waals surface area contributed by atoms with E-state index in [0.29, 0.717) is 36.9 Å². The van der Waals surface area contributed by atoms with Crippen LogP contribution in [0.4, 0.5) is 0 Å². The van der Waals surface area contributed by atoms with Gasteiger partial charge >= 0.3 is 23.9 Å². The number of ketones is 1. The number of Topliss-reactive ketones (excluding diaryl/α,β-unsaturated/α-hetero) is 1. The first-order valence-corrected chi connectivity index (χ1v) is 17.4. The molecule has 2 rings (SSSR count). The highest BCUT2D eigenvalue weighted by atomic mass is 16.5. The summed E-state index contributed by atoms with van der Waals surface area (Å²) in [4.78, 5) is 73.1. The lowest BCUT2D eigenvalue weighted by Crippen LogP contribution is -2.55. The van der Waals surface area contributed by atoms with Crippen molar-refractivity contribution in [2.24, 2.45) is 5.92 Å². The second-order valence-electron chi connectivity index (χ2n) is 12.4. The molecule has 15 heteroatoms. The molecule has 0 aliphatic heterocycles. The standard InChI is InChI=1S/C36H50N4O11/c1-3-5-6-9-12-15-27(41)16-13-10-7-8-11-14-17-28(36(50,35(48)49)23-31(42)43)32(44)37-29(33(45)46)22-25-18-20-26(21-19-25)40-24-30(38-39-40)34(47)51-4-2/h14,17-21,24,28-29,50H,3-13,15-16,22-23H2,1-2H3,(H,37,44)(H,42,43)(H,45,46)(H,48,49)/b17-14+/t28-,29-,36-/m0/s1.